The Kier molecular flexibility index (Phi) is 4.68. The number of amides is 3. The molecule has 5 heteroatoms. The van der Waals surface area contributed by atoms with E-state index in [1.54, 1.807) is 13.8 Å². The zero-order valence-electron chi connectivity index (χ0n) is 23.3. The lowest BCUT2D eigenvalue weighted by Crippen LogP contribution is -2.56. The summed E-state index contributed by atoms with van der Waals surface area (Å²) >= 11 is 0. The number of hydrogen-bond donors (Lipinski definition) is 1. The monoisotopic (exact) mass is 522 g/mol. The van der Waals surface area contributed by atoms with E-state index in [4.69, 9.17) is 4.74 Å². The maximum absolute atomic E-state index is 13.1. The maximum Gasteiger partial charge on any atom is 0.325 e. The normalized spacial score (nSPS) is 40.1. The van der Waals surface area contributed by atoms with Gasteiger partial charge in [-0.05, 0) is 104 Å². The fraction of sp³-hybridized carbons (Fsp3) is 0.529. The van der Waals surface area contributed by atoms with Gasteiger partial charge in [-0.15, -0.1) is 0 Å². The molecule has 3 aliphatic heterocycles. The Morgan fingerprint density at radius 2 is 1.79 bits per heavy atom. The summed E-state index contributed by atoms with van der Waals surface area (Å²) in [4.78, 5) is 27.5. The van der Waals surface area contributed by atoms with Crippen molar-refractivity contribution in [1.29, 1.82) is 0 Å². The van der Waals surface area contributed by atoms with E-state index in [1.165, 1.54) is 45.2 Å². The first kappa shape index (κ1) is 23.9. The molecule has 2 bridgehead atoms. The first-order valence-corrected chi connectivity index (χ1v) is 14.9. The van der Waals surface area contributed by atoms with Crippen LogP contribution in [0.4, 0.5) is 4.79 Å². The van der Waals surface area contributed by atoms with E-state index >= 15 is 0 Å². The fourth-order valence-corrected chi connectivity index (χ4v) is 9.68. The molecule has 2 aromatic carbocycles. The van der Waals surface area contributed by atoms with Gasteiger partial charge in [-0.3, -0.25) is 9.69 Å². The number of allylic oxidation sites excluding steroid dienone is 1. The average Bonchev–Trinajstić information content (AvgIpc) is 3.49. The number of urea groups is 1. The summed E-state index contributed by atoms with van der Waals surface area (Å²) in [5.74, 6) is 0.872. The molecule has 2 saturated heterocycles. The number of ether oxygens (including phenoxy) is 1. The summed E-state index contributed by atoms with van der Waals surface area (Å²) in [6.45, 7) is 6.11. The molecule has 0 aromatic heterocycles. The van der Waals surface area contributed by atoms with Gasteiger partial charge in [0, 0.05) is 12.5 Å². The summed E-state index contributed by atoms with van der Waals surface area (Å²) in [6.07, 6.45) is 12.9. The van der Waals surface area contributed by atoms with Crippen molar-refractivity contribution in [3.63, 3.8) is 0 Å². The third-order valence-electron chi connectivity index (χ3n) is 11.6. The van der Waals surface area contributed by atoms with Gasteiger partial charge < -0.3 is 10.1 Å². The van der Waals surface area contributed by atoms with Gasteiger partial charge >= 0.3 is 6.03 Å². The molecule has 4 fully saturated rings. The molecule has 3 heterocycles. The highest BCUT2D eigenvalue weighted by atomic mass is 16.5. The predicted molar refractivity (Wildman–Crippen MR) is 151 cm³/mol. The van der Waals surface area contributed by atoms with Crippen molar-refractivity contribution in [3.05, 3.63) is 71.3 Å². The van der Waals surface area contributed by atoms with Gasteiger partial charge in [0.2, 0.25) is 0 Å². The summed E-state index contributed by atoms with van der Waals surface area (Å²) in [5, 5.41) is 5.51. The number of imide groups is 1. The van der Waals surface area contributed by atoms with E-state index < -0.39 is 5.54 Å². The number of fused-ring (bicyclic) bond motifs is 2. The molecule has 202 valence electrons. The molecule has 6 atom stereocenters. The van der Waals surface area contributed by atoms with E-state index in [0.29, 0.717) is 11.8 Å². The molecular weight excluding hydrogens is 484 g/mol. The molecule has 2 saturated carbocycles. The van der Waals surface area contributed by atoms with Crippen LogP contribution in [0.25, 0.3) is 10.8 Å². The molecule has 1 unspecified atom stereocenters. The van der Waals surface area contributed by atoms with Crippen LogP contribution < -0.4 is 5.32 Å². The second kappa shape index (κ2) is 7.63. The Balaban J connectivity index is 1.13. The minimum absolute atomic E-state index is 0.107. The van der Waals surface area contributed by atoms with Crippen molar-refractivity contribution in [2.45, 2.75) is 101 Å². The van der Waals surface area contributed by atoms with Crippen molar-refractivity contribution in [1.82, 2.24) is 10.2 Å². The van der Waals surface area contributed by atoms with Crippen LogP contribution in [0.15, 0.2) is 65.8 Å². The lowest BCUT2D eigenvalue weighted by atomic mass is 9.58. The van der Waals surface area contributed by atoms with E-state index in [2.05, 4.69) is 66.9 Å². The lowest BCUT2D eigenvalue weighted by Gasteiger charge is -2.54. The second-order valence-corrected chi connectivity index (χ2v) is 13.9. The number of hydrogen-bond acceptors (Lipinski definition) is 3. The van der Waals surface area contributed by atoms with Crippen molar-refractivity contribution in [2.24, 2.45) is 11.3 Å². The van der Waals surface area contributed by atoms with Gasteiger partial charge in [-0.2, -0.15) is 0 Å². The number of benzene rings is 2. The zero-order chi connectivity index (χ0) is 26.8. The smallest absolute Gasteiger partial charge is 0.325 e. The van der Waals surface area contributed by atoms with E-state index in [0.717, 1.165) is 38.5 Å². The Bertz CT molecular complexity index is 1500. The molecule has 5 nitrogen and oxygen atoms in total. The molecule has 2 spiro atoms. The number of nitrogens with one attached hydrogen (secondary N) is 1. The first-order valence-electron chi connectivity index (χ1n) is 14.9. The quantitative estimate of drug-likeness (QED) is 0.442. The lowest BCUT2D eigenvalue weighted by molar-refractivity contribution is -0.145. The molecule has 0 radical (unpaired) electrons. The number of rotatable bonds is 2. The van der Waals surface area contributed by atoms with Crippen LogP contribution in [0.1, 0.15) is 83.6 Å². The molecule has 2 aromatic rings. The Morgan fingerprint density at radius 3 is 2.59 bits per heavy atom. The van der Waals surface area contributed by atoms with Crippen LogP contribution >= 0.6 is 0 Å². The topological polar surface area (TPSA) is 58.6 Å². The van der Waals surface area contributed by atoms with E-state index in [-0.39, 0.29) is 34.6 Å². The summed E-state index contributed by atoms with van der Waals surface area (Å²) in [5.41, 5.74) is 2.96. The van der Waals surface area contributed by atoms with Gasteiger partial charge in [-0.1, -0.05) is 61.5 Å². The van der Waals surface area contributed by atoms with E-state index in [1.807, 2.05) is 0 Å². The number of nitrogens with zero attached hydrogens (tertiary/aromatic N) is 1. The zero-order valence-corrected chi connectivity index (χ0v) is 23.3. The van der Waals surface area contributed by atoms with Gasteiger partial charge in [0.25, 0.3) is 5.91 Å². The minimum atomic E-state index is -0.835. The van der Waals surface area contributed by atoms with E-state index in [9.17, 15) is 9.59 Å². The standard InChI is InChI=1S/C34H38N2O3/c1-31(2)29(37)36(30(38)35-31)26-11-10-24-19-25-14-15-32(3)27(23-9-8-21-6-4-5-7-22(21)18-23)12-13-28(32)34(25)17-16-33(24,20-26)39-34/h4-9,14,18-19,26-28H,10-13,15-17,20H2,1-3H3,(H,35,38)/t26-,27+,28+,32+,33?,34+/m0/s1. The summed E-state index contributed by atoms with van der Waals surface area (Å²) in [6, 6.07) is 15.4. The van der Waals surface area contributed by atoms with Crippen LogP contribution in [0.5, 0.6) is 0 Å². The highest BCUT2D eigenvalue weighted by Crippen LogP contribution is 2.69. The van der Waals surface area contributed by atoms with Crippen LogP contribution in [0.2, 0.25) is 0 Å². The van der Waals surface area contributed by atoms with Crippen LogP contribution in [-0.2, 0) is 9.53 Å². The number of carbonyl (C=O) groups excluding carboxylic acids is 2. The SMILES string of the molecule is CC1(C)NC(=O)N([C@H]2CCC3=CC4=CC[C@]5(C)[C@@H](c6ccc7ccccc7c6)CC[C@H]5[C@@]45CCC3(C2)O5)C1=O. The highest BCUT2D eigenvalue weighted by Gasteiger charge is 2.67. The van der Waals surface area contributed by atoms with Crippen LogP contribution in [0, 0.1) is 11.3 Å². The largest absolute Gasteiger partial charge is 0.359 e. The van der Waals surface area contributed by atoms with Crippen molar-refractivity contribution in [3.8, 4) is 0 Å². The summed E-state index contributed by atoms with van der Waals surface area (Å²) < 4.78 is 7.42. The third kappa shape index (κ3) is 3.06. The van der Waals surface area contributed by atoms with Crippen molar-refractivity contribution >= 4 is 22.7 Å². The molecule has 8 rings (SSSR count). The minimum Gasteiger partial charge on any atom is -0.359 e. The molecule has 6 aliphatic rings. The number of carbonyl (C=O) groups is 2. The molecule has 1 N–H and O–H groups in total. The average molecular weight is 523 g/mol. The highest BCUT2D eigenvalue weighted by molar-refractivity contribution is 6.06. The van der Waals surface area contributed by atoms with Gasteiger partial charge in [0.15, 0.2) is 0 Å². The Labute approximate surface area is 230 Å². The van der Waals surface area contributed by atoms with Crippen LogP contribution in [0.3, 0.4) is 0 Å². The Hall–Kier alpha value is -2.92. The van der Waals surface area contributed by atoms with Gasteiger partial charge in [0.05, 0.1) is 11.2 Å². The molecule has 39 heavy (non-hydrogen) atoms. The first-order chi connectivity index (χ1) is 18.7. The molecule has 3 aliphatic carbocycles. The van der Waals surface area contributed by atoms with Gasteiger partial charge in [-0.25, -0.2) is 4.79 Å². The molecule has 3 amide bonds. The summed E-state index contributed by atoms with van der Waals surface area (Å²) in [7, 11) is 0. The molecular formula is C34H38N2O3. The predicted octanol–water partition coefficient (Wildman–Crippen LogP) is 6.78. The Morgan fingerprint density at radius 1 is 0.974 bits per heavy atom. The van der Waals surface area contributed by atoms with Crippen LogP contribution in [-0.4, -0.2) is 39.6 Å². The fourth-order valence-electron chi connectivity index (χ4n) is 9.68. The van der Waals surface area contributed by atoms with Crippen molar-refractivity contribution < 1.29 is 14.3 Å². The van der Waals surface area contributed by atoms with Crippen molar-refractivity contribution in [2.75, 3.05) is 0 Å². The second-order valence-electron chi connectivity index (χ2n) is 13.9. The third-order valence-corrected chi connectivity index (χ3v) is 11.6. The maximum atomic E-state index is 13.1. The van der Waals surface area contributed by atoms with Gasteiger partial charge in [0.1, 0.15) is 5.54 Å².